The van der Waals surface area contributed by atoms with Crippen LogP contribution in [0.25, 0.3) is 0 Å². The molecule has 0 spiro atoms. The van der Waals surface area contributed by atoms with Crippen LogP contribution in [0.2, 0.25) is 0 Å². The van der Waals surface area contributed by atoms with Gasteiger partial charge in [0.1, 0.15) is 5.54 Å². The molecule has 1 saturated carbocycles. The molecule has 1 aliphatic carbocycles. The van der Waals surface area contributed by atoms with Gasteiger partial charge in [-0.15, -0.1) is 0 Å². The summed E-state index contributed by atoms with van der Waals surface area (Å²) in [6.45, 7) is 4.79. The van der Waals surface area contributed by atoms with Gasteiger partial charge in [0, 0.05) is 18.7 Å². The van der Waals surface area contributed by atoms with Crippen LogP contribution in [0.3, 0.4) is 0 Å². The van der Waals surface area contributed by atoms with Gasteiger partial charge in [-0.3, -0.25) is 10.1 Å². The third-order valence-electron chi connectivity index (χ3n) is 4.70. The first-order chi connectivity index (χ1) is 10.0. The third kappa shape index (κ3) is 4.94. The first-order valence-electron chi connectivity index (χ1n) is 8.19. The molecule has 5 nitrogen and oxygen atoms in total. The number of unbranched alkanes of at least 4 members (excludes halogenated alkanes) is 1. The molecule has 2 atom stereocenters. The number of hydrogen-bond donors (Lipinski definition) is 1. The van der Waals surface area contributed by atoms with Crippen molar-refractivity contribution < 1.29 is 14.3 Å². The highest BCUT2D eigenvalue weighted by atomic mass is 16.5. The molecule has 21 heavy (non-hydrogen) atoms. The summed E-state index contributed by atoms with van der Waals surface area (Å²) in [5.74, 6) is -0.132. The topological polar surface area (TPSA) is 50.8 Å². The van der Waals surface area contributed by atoms with Gasteiger partial charge in [0.15, 0.2) is 0 Å². The van der Waals surface area contributed by atoms with Crippen molar-refractivity contribution in [2.75, 3.05) is 33.9 Å². The average Bonchev–Trinajstić information content (AvgIpc) is 3.10. The maximum Gasteiger partial charge on any atom is 0.325 e. The van der Waals surface area contributed by atoms with Crippen molar-refractivity contribution >= 4 is 5.97 Å². The van der Waals surface area contributed by atoms with Gasteiger partial charge in [-0.1, -0.05) is 0 Å². The molecule has 0 bridgehead atoms. The third-order valence-corrected chi connectivity index (χ3v) is 4.70. The molecule has 2 fully saturated rings. The Balaban J connectivity index is 1.69. The molecule has 122 valence electrons. The molecule has 1 saturated heterocycles. The van der Waals surface area contributed by atoms with Crippen molar-refractivity contribution in [1.29, 1.82) is 0 Å². The molecule has 0 aromatic rings. The molecule has 1 heterocycles. The predicted octanol–water partition coefficient (Wildman–Crippen LogP) is 1.56. The summed E-state index contributed by atoms with van der Waals surface area (Å²) < 4.78 is 10.4. The van der Waals surface area contributed by atoms with Crippen LogP contribution in [0.15, 0.2) is 0 Å². The summed E-state index contributed by atoms with van der Waals surface area (Å²) in [6, 6.07) is 1.08. The van der Waals surface area contributed by atoms with Crippen LogP contribution in [0.1, 0.15) is 45.4 Å². The number of esters is 1. The van der Waals surface area contributed by atoms with E-state index >= 15 is 0 Å². The number of carbonyl (C=O) groups excluding carboxylic acids is 1. The number of carbonyl (C=O) groups is 1. The minimum absolute atomic E-state index is 0.132. The number of hydrogen-bond acceptors (Lipinski definition) is 5. The monoisotopic (exact) mass is 298 g/mol. The molecule has 2 aliphatic rings. The molecule has 2 unspecified atom stereocenters. The number of methoxy groups -OCH3 is 1. The van der Waals surface area contributed by atoms with Crippen molar-refractivity contribution in [3.05, 3.63) is 0 Å². The van der Waals surface area contributed by atoms with Gasteiger partial charge < -0.3 is 14.4 Å². The Morgan fingerprint density at radius 3 is 2.71 bits per heavy atom. The van der Waals surface area contributed by atoms with Gasteiger partial charge in [-0.2, -0.15) is 0 Å². The van der Waals surface area contributed by atoms with Crippen molar-refractivity contribution in [1.82, 2.24) is 10.2 Å². The lowest BCUT2D eigenvalue weighted by Gasteiger charge is -2.29. The Morgan fingerprint density at radius 2 is 2.14 bits per heavy atom. The molecular formula is C16H30N2O3. The van der Waals surface area contributed by atoms with Gasteiger partial charge in [0.05, 0.1) is 13.7 Å². The number of nitrogens with zero attached hydrogens (tertiary/aromatic N) is 1. The molecule has 1 aliphatic heterocycles. The van der Waals surface area contributed by atoms with Crippen LogP contribution in [0.5, 0.6) is 0 Å². The molecule has 0 radical (unpaired) electrons. The predicted molar refractivity (Wildman–Crippen MR) is 82.3 cm³/mol. The SMILES string of the molecule is COC(=O)C(C)(CCCCN(C)C1CCOC1)NC1CC1. The first kappa shape index (κ1) is 16.7. The Labute approximate surface area is 128 Å². The van der Waals surface area contributed by atoms with E-state index in [9.17, 15) is 4.79 Å². The maximum atomic E-state index is 12.0. The Hall–Kier alpha value is -0.650. The largest absolute Gasteiger partial charge is 0.468 e. The van der Waals surface area contributed by atoms with Gasteiger partial charge in [0.25, 0.3) is 0 Å². The van der Waals surface area contributed by atoms with Gasteiger partial charge >= 0.3 is 5.97 Å². The van der Waals surface area contributed by atoms with E-state index in [0.29, 0.717) is 12.1 Å². The number of likely N-dealkylation sites (N-methyl/N-ethyl adjacent to an activating group) is 1. The summed E-state index contributed by atoms with van der Waals surface area (Å²) in [5.41, 5.74) is -0.523. The van der Waals surface area contributed by atoms with Crippen LogP contribution in [0, 0.1) is 0 Å². The Bertz CT molecular complexity index is 340. The second-order valence-corrected chi connectivity index (χ2v) is 6.70. The van der Waals surface area contributed by atoms with E-state index in [1.54, 1.807) is 0 Å². The second-order valence-electron chi connectivity index (χ2n) is 6.70. The van der Waals surface area contributed by atoms with Crippen LogP contribution in [-0.4, -0.2) is 62.4 Å². The van der Waals surface area contributed by atoms with Crippen molar-refractivity contribution in [2.24, 2.45) is 0 Å². The van der Waals surface area contributed by atoms with Crippen molar-refractivity contribution in [3.63, 3.8) is 0 Å². The summed E-state index contributed by atoms with van der Waals surface area (Å²) in [6.07, 6.45) is 6.47. The van der Waals surface area contributed by atoms with E-state index in [4.69, 9.17) is 9.47 Å². The number of rotatable bonds is 9. The molecule has 2 rings (SSSR count). The highest BCUT2D eigenvalue weighted by Crippen LogP contribution is 2.26. The van der Waals surface area contributed by atoms with Crippen molar-refractivity contribution in [2.45, 2.75) is 63.1 Å². The van der Waals surface area contributed by atoms with E-state index in [1.165, 1.54) is 20.0 Å². The standard InChI is InChI=1S/C16H30N2O3/c1-16(15(19)20-3,17-13-6-7-13)9-4-5-10-18(2)14-8-11-21-12-14/h13-14,17H,4-12H2,1-3H3. The quantitative estimate of drug-likeness (QED) is 0.517. The lowest BCUT2D eigenvalue weighted by molar-refractivity contribution is -0.148. The fourth-order valence-electron chi connectivity index (χ4n) is 3.03. The van der Waals surface area contributed by atoms with Gasteiger partial charge in [-0.05, 0) is 59.0 Å². The summed E-state index contributed by atoms with van der Waals surface area (Å²) >= 11 is 0. The molecular weight excluding hydrogens is 268 g/mol. The Kier molecular flexibility index (Phi) is 6.02. The van der Waals surface area contributed by atoms with Gasteiger partial charge in [0.2, 0.25) is 0 Å². The molecule has 0 amide bonds. The van der Waals surface area contributed by atoms with E-state index in [1.807, 2.05) is 6.92 Å². The minimum Gasteiger partial charge on any atom is -0.468 e. The zero-order valence-electron chi connectivity index (χ0n) is 13.7. The molecule has 5 heteroatoms. The summed E-state index contributed by atoms with van der Waals surface area (Å²) in [5, 5.41) is 3.45. The van der Waals surface area contributed by atoms with Crippen LogP contribution in [0.4, 0.5) is 0 Å². The lowest BCUT2D eigenvalue weighted by atomic mass is 9.94. The fraction of sp³-hybridized carbons (Fsp3) is 0.938. The van der Waals surface area contributed by atoms with E-state index < -0.39 is 5.54 Å². The molecule has 0 aromatic heterocycles. The van der Waals surface area contributed by atoms with E-state index in [2.05, 4.69) is 17.3 Å². The van der Waals surface area contributed by atoms with Crippen LogP contribution in [-0.2, 0) is 14.3 Å². The van der Waals surface area contributed by atoms with Gasteiger partial charge in [-0.25, -0.2) is 0 Å². The van der Waals surface area contributed by atoms with Crippen LogP contribution < -0.4 is 5.32 Å². The maximum absolute atomic E-state index is 12.0. The van der Waals surface area contributed by atoms with Crippen LogP contribution >= 0.6 is 0 Å². The molecule has 0 aromatic carbocycles. The normalized spacial score (nSPS) is 25.0. The van der Waals surface area contributed by atoms with Crippen molar-refractivity contribution in [3.8, 4) is 0 Å². The van der Waals surface area contributed by atoms with E-state index in [0.717, 1.165) is 45.4 Å². The number of ether oxygens (including phenoxy) is 2. The highest BCUT2D eigenvalue weighted by Gasteiger charge is 2.38. The summed E-state index contributed by atoms with van der Waals surface area (Å²) in [7, 11) is 3.64. The number of nitrogens with one attached hydrogen (secondary N) is 1. The first-order valence-corrected chi connectivity index (χ1v) is 8.19. The average molecular weight is 298 g/mol. The minimum atomic E-state index is -0.523. The summed E-state index contributed by atoms with van der Waals surface area (Å²) in [4.78, 5) is 14.4. The Morgan fingerprint density at radius 1 is 1.38 bits per heavy atom. The highest BCUT2D eigenvalue weighted by molar-refractivity contribution is 5.80. The van der Waals surface area contributed by atoms with E-state index in [-0.39, 0.29) is 5.97 Å². The zero-order chi connectivity index (χ0) is 15.3. The lowest BCUT2D eigenvalue weighted by Crippen LogP contribution is -2.51. The zero-order valence-corrected chi connectivity index (χ0v) is 13.7. The second kappa shape index (κ2) is 7.56. The fourth-order valence-corrected chi connectivity index (χ4v) is 3.03. The smallest absolute Gasteiger partial charge is 0.325 e. The molecule has 1 N–H and O–H groups in total.